The van der Waals surface area contributed by atoms with Crippen molar-refractivity contribution in [3.05, 3.63) is 53.4 Å². The second-order valence-corrected chi connectivity index (χ2v) is 5.47. The second kappa shape index (κ2) is 7.43. The van der Waals surface area contributed by atoms with E-state index in [1.54, 1.807) is 34.9 Å². The molecule has 0 N–H and O–H groups in total. The van der Waals surface area contributed by atoms with Gasteiger partial charge in [0, 0.05) is 16.8 Å². The Bertz CT molecular complexity index is 873. The van der Waals surface area contributed by atoms with Crippen LogP contribution in [-0.4, -0.2) is 33.5 Å². The van der Waals surface area contributed by atoms with Gasteiger partial charge in [-0.1, -0.05) is 28.8 Å². The van der Waals surface area contributed by atoms with Gasteiger partial charge < -0.3 is 9.47 Å². The predicted octanol–water partition coefficient (Wildman–Crippen LogP) is 3.65. The number of rotatable bonds is 6. The Labute approximate surface area is 147 Å². The molecule has 0 amide bonds. The summed E-state index contributed by atoms with van der Waals surface area (Å²) in [5.41, 5.74) is 1.76. The van der Waals surface area contributed by atoms with Crippen LogP contribution < -0.4 is 9.47 Å². The Kier molecular flexibility index (Phi) is 5.08. The van der Waals surface area contributed by atoms with Crippen molar-refractivity contribution in [2.75, 3.05) is 7.11 Å². The Hall–Kier alpha value is -2.74. The molecular formula is C16H13ClF2N4O2. The van der Waals surface area contributed by atoms with Gasteiger partial charge in [-0.15, -0.1) is 5.10 Å². The summed E-state index contributed by atoms with van der Waals surface area (Å²) in [7, 11) is 1.48. The van der Waals surface area contributed by atoms with Gasteiger partial charge in [0.15, 0.2) is 0 Å². The predicted molar refractivity (Wildman–Crippen MR) is 87.0 cm³/mol. The first-order valence-electron chi connectivity index (χ1n) is 7.18. The van der Waals surface area contributed by atoms with E-state index in [1.165, 1.54) is 19.6 Å². The van der Waals surface area contributed by atoms with E-state index in [0.717, 1.165) is 5.56 Å². The molecule has 3 rings (SSSR count). The summed E-state index contributed by atoms with van der Waals surface area (Å²) in [6, 6.07) is 8.84. The molecule has 2 aromatic heterocycles. The summed E-state index contributed by atoms with van der Waals surface area (Å²) >= 11 is 6.00. The number of hydrogen-bond acceptors (Lipinski definition) is 5. The van der Waals surface area contributed by atoms with E-state index in [9.17, 15) is 8.78 Å². The number of pyridine rings is 1. The zero-order valence-electron chi connectivity index (χ0n) is 13.1. The van der Waals surface area contributed by atoms with Crippen molar-refractivity contribution in [1.29, 1.82) is 0 Å². The molecule has 2 heterocycles. The van der Waals surface area contributed by atoms with Crippen molar-refractivity contribution in [2.24, 2.45) is 0 Å². The Morgan fingerprint density at radius 1 is 1.28 bits per heavy atom. The number of halogens is 3. The lowest BCUT2D eigenvalue weighted by Gasteiger charge is -2.12. The van der Waals surface area contributed by atoms with Crippen LogP contribution in [-0.2, 0) is 6.54 Å². The standard InChI is InChI=1S/C16H13ClF2N4O2/c1-24-16-22-21-9-23(16)8-10-5-13(11-3-2-4-12(17)6-11)14(20-7-10)25-15(18)19/h2-7,9,15H,8H2,1H3. The van der Waals surface area contributed by atoms with Gasteiger partial charge in [0.1, 0.15) is 6.33 Å². The highest BCUT2D eigenvalue weighted by Crippen LogP contribution is 2.32. The molecule has 0 bridgehead atoms. The molecule has 0 atom stereocenters. The Morgan fingerprint density at radius 3 is 2.84 bits per heavy atom. The molecule has 0 radical (unpaired) electrons. The zero-order valence-corrected chi connectivity index (χ0v) is 13.8. The largest absolute Gasteiger partial charge is 0.467 e. The molecule has 25 heavy (non-hydrogen) atoms. The maximum absolute atomic E-state index is 12.7. The van der Waals surface area contributed by atoms with Crippen LogP contribution in [0.25, 0.3) is 11.1 Å². The maximum Gasteiger partial charge on any atom is 0.388 e. The van der Waals surface area contributed by atoms with Gasteiger partial charge in [-0.2, -0.15) is 8.78 Å². The van der Waals surface area contributed by atoms with Crippen molar-refractivity contribution >= 4 is 11.6 Å². The van der Waals surface area contributed by atoms with E-state index < -0.39 is 6.61 Å². The molecule has 1 aromatic carbocycles. The van der Waals surface area contributed by atoms with Gasteiger partial charge in [0.25, 0.3) is 0 Å². The van der Waals surface area contributed by atoms with E-state index in [1.807, 2.05) is 0 Å². The van der Waals surface area contributed by atoms with Gasteiger partial charge in [-0.25, -0.2) is 4.98 Å². The van der Waals surface area contributed by atoms with Crippen LogP contribution in [0.4, 0.5) is 8.78 Å². The number of nitrogens with zero attached hydrogens (tertiary/aromatic N) is 4. The van der Waals surface area contributed by atoms with Crippen molar-refractivity contribution in [3.63, 3.8) is 0 Å². The number of alkyl halides is 2. The number of benzene rings is 1. The number of hydrogen-bond donors (Lipinski definition) is 0. The van der Waals surface area contributed by atoms with E-state index in [0.29, 0.717) is 28.7 Å². The lowest BCUT2D eigenvalue weighted by Crippen LogP contribution is -2.07. The third-order valence-corrected chi connectivity index (χ3v) is 3.59. The molecule has 3 aromatic rings. The van der Waals surface area contributed by atoms with Crippen molar-refractivity contribution in [3.8, 4) is 23.0 Å². The molecule has 0 fully saturated rings. The van der Waals surface area contributed by atoms with Crippen LogP contribution in [0.15, 0.2) is 42.9 Å². The third kappa shape index (κ3) is 4.03. The highest BCUT2D eigenvalue weighted by atomic mass is 35.5. The summed E-state index contributed by atoms with van der Waals surface area (Å²) in [5, 5.41) is 8.05. The first kappa shape index (κ1) is 17.1. The molecular weight excluding hydrogens is 354 g/mol. The highest BCUT2D eigenvalue weighted by molar-refractivity contribution is 6.30. The summed E-state index contributed by atoms with van der Waals surface area (Å²) in [4.78, 5) is 4.02. The number of ether oxygens (including phenoxy) is 2. The fourth-order valence-corrected chi connectivity index (χ4v) is 2.52. The number of aromatic nitrogens is 4. The minimum atomic E-state index is -2.98. The fourth-order valence-electron chi connectivity index (χ4n) is 2.33. The minimum absolute atomic E-state index is 0.170. The molecule has 0 aliphatic rings. The quantitative estimate of drug-likeness (QED) is 0.666. The van der Waals surface area contributed by atoms with Gasteiger partial charge in [0.05, 0.1) is 13.7 Å². The monoisotopic (exact) mass is 366 g/mol. The second-order valence-electron chi connectivity index (χ2n) is 5.03. The molecule has 0 saturated carbocycles. The van der Waals surface area contributed by atoms with E-state index in [-0.39, 0.29) is 5.88 Å². The molecule has 0 aliphatic carbocycles. The van der Waals surface area contributed by atoms with Crippen molar-refractivity contribution < 1.29 is 18.3 Å². The lowest BCUT2D eigenvalue weighted by molar-refractivity contribution is -0.0524. The highest BCUT2D eigenvalue weighted by Gasteiger charge is 2.15. The normalized spacial score (nSPS) is 10.9. The van der Waals surface area contributed by atoms with Crippen LogP contribution in [0.1, 0.15) is 5.56 Å². The minimum Gasteiger partial charge on any atom is -0.467 e. The first-order valence-corrected chi connectivity index (χ1v) is 7.56. The van der Waals surface area contributed by atoms with Crippen LogP contribution in [0.5, 0.6) is 11.9 Å². The average molecular weight is 367 g/mol. The number of methoxy groups -OCH3 is 1. The van der Waals surface area contributed by atoms with E-state index in [2.05, 4.69) is 19.9 Å². The van der Waals surface area contributed by atoms with Crippen molar-refractivity contribution in [2.45, 2.75) is 13.2 Å². The molecule has 0 unspecified atom stereocenters. The van der Waals surface area contributed by atoms with Gasteiger partial charge in [-0.05, 0) is 29.3 Å². The van der Waals surface area contributed by atoms with Crippen LogP contribution in [0, 0.1) is 0 Å². The van der Waals surface area contributed by atoms with Crippen molar-refractivity contribution in [1.82, 2.24) is 19.7 Å². The lowest BCUT2D eigenvalue weighted by atomic mass is 10.1. The Balaban J connectivity index is 2.00. The van der Waals surface area contributed by atoms with Crippen LogP contribution in [0.3, 0.4) is 0 Å². The third-order valence-electron chi connectivity index (χ3n) is 3.36. The maximum atomic E-state index is 12.7. The van der Waals surface area contributed by atoms with Gasteiger partial charge in [-0.3, -0.25) is 4.57 Å². The first-order chi connectivity index (χ1) is 12.1. The molecule has 130 valence electrons. The van der Waals surface area contributed by atoms with Gasteiger partial charge >= 0.3 is 12.6 Å². The summed E-state index contributed by atoms with van der Waals surface area (Å²) in [6.45, 7) is -2.62. The molecule has 0 saturated heterocycles. The molecule has 0 aliphatic heterocycles. The van der Waals surface area contributed by atoms with E-state index >= 15 is 0 Å². The summed E-state index contributed by atoms with van der Waals surface area (Å²) in [5.74, 6) is -0.170. The van der Waals surface area contributed by atoms with Crippen LogP contribution in [0.2, 0.25) is 5.02 Å². The van der Waals surface area contributed by atoms with Crippen LogP contribution >= 0.6 is 11.6 Å². The fraction of sp³-hybridized carbons (Fsp3) is 0.188. The van der Waals surface area contributed by atoms with E-state index in [4.69, 9.17) is 16.3 Å². The molecule has 0 spiro atoms. The summed E-state index contributed by atoms with van der Waals surface area (Å²) < 4.78 is 36.6. The molecule has 9 heteroatoms. The summed E-state index contributed by atoms with van der Waals surface area (Å²) in [6.07, 6.45) is 2.95. The Morgan fingerprint density at radius 2 is 2.12 bits per heavy atom. The molecule has 6 nitrogen and oxygen atoms in total. The van der Waals surface area contributed by atoms with Gasteiger partial charge in [0.2, 0.25) is 5.88 Å². The topological polar surface area (TPSA) is 62.1 Å². The zero-order chi connectivity index (χ0) is 17.8. The smallest absolute Gasteiger partial charge is 0.388 e. The average Bonchev–Trinajstić information content (AvgIpc) is 3.03. The SMILES string of the molecule is COc1nncn1Cc1cnc(OC(F)F)c(-c2cccc(Cl)c2)c1.